The molecule has 0 bridgehead atoms. The molecule has 2 aromatic carbocycles. The average Bonchev–Trinajstić information content (AvgIpc) is 4.26. The van der Waals surface area contributed by atoms with E-state index in [1.165, 1.54) is 28.1 Å². The summed E-state index contributed by atoms with van der Waals surface area (Å²) in [5.74, 6) is -0.871. The molecule has 4 N–H and O–H groups in total. The summed E-state index contributed by atoms with van der Waals surface area (Å²) in [5.41, 5.74) is 6.08. The molecule has 24 nitrogen and oxygen atoms in total. The summed E-state index contributed by atoms with van der Waals surface area (Å²) in [4.78, 5) is 95.8. The SMILES string of the molecule is COC(=O)N[C@H](C(=O)N1C[C@H](n2cc(COC(C)=O)nn2)CC1c1ncc(-c2ccc(-c3ccc(-c4cnc([C@@H]5CC(n6cc(COC(C)=O)nn6)CN5C(=O)[C@@H](NC(=O)OC)C(C)C)[nH]4)cc3)cc2)[nH]1)C(C)C. The number of hydrogen-bond acceptors (Lipinski definition) is 16. The zero-order chi connectivity index (χ0) is 52.8. The lowest BCUT2D eigenvalue weighted by Gasteiger charge is -2.29. The van der Waals surface area contributed by atoms with Crippen molar-refractivity contribution in [1.29, 1.82) is 0 Å². The summed E-state index contributed by atoms with van der Waals surface area (Å²) in [6.45, 7) is 10.4. The third kappa shape index (κ3) is 11.7. The van der Waals surface area contributed by atoms with Crippen molar-refractivity contribution in [2.24, 2.45) is 11.8 Å². The summed E-state index contributed by atoms with van der Waals surface area (Å²) in [6, 6.07) is 12.7. The lowest BCUT2D eigenvalue weighted by molar-refractivity contribution is -0.143. The number of hydrogen-bond donors (Lipinski definition) is 4. The number of benzene rings is 2. The molecule has 0 radical (unpaired) electrons. The zero-order valence-electron chi connectivity index (χ0n) is 42.3. The summed E-state index contributed by atoms with van der Waals surface area (Å²) < 4.78 is 23.2. The van der Waals surface area contributed by atoms with Crippen molar-refractivity contribution < 1.29 is 47.7 Å². The maximum atomic E-state index is 14.2. The van der Waals surface area contributed by atoms with Gasteiger partial charge in [0.2, 0.25) is 11.8 Å². The van der Waals surface area contributed by atoms with Crippen molar-refractivity contribution in [2.75, 3.05) is 27.3 Å². The van der Waals surface area contributed by atoms with Crippen molar-refractivity contribution in [2.45, 2.75) is 104 Å². The van der Waals surface area contributed by atoms with Crippen molar-refractivity contribution >= 4 is 35.9 Å². The fourth-order valence-corrected chi connectivity index (χ4v) is 9.23. The van der Waals surface area contributed by atoms with Gasteiger partial charge in [0.25, 0.3) is 0 Å². The van der Waals surface area contributed by atoms with Crippen LogP contribution in [0, 0.1) is 11.8 Å². The minimum absolute atomic E-state index is 0.0328. The number of rotatable bonds is 17. The number of likely N-dealkylation sites (tertiary alicyclic amines) is 2. The summed E-state index contributed by atoms with van der Waals surface area (Å²) in [7, 11) is 2.49. The highest BCUT2D eigenvalue weighted by Crippen LogP contribution is 2.40. The average molecular weight is 1020 g/mol. The van der Waals surface area contributed by atoms with Crippen LogP contribution < -0.4 is 10.6 Å². The van der Waals surface area contributed by atoms with Crippen LogP contribution in [0.25, 0.3) is 33.6 Å². The monoisotopic (exact) mass is 1020 g/mol. The van der Waals surface area contributed by atoms with Crippen molar-refractivity contribution in [3.8, 4) is 33.6 Å². The van der Waals surface area contributed by atoms with Crippen LogP contribution in [0.1, 0.15) is 102 Å². The van der Waals surface area contributed by atoms with Gasteiger partial charge in [0, 0.05) is 26.9 Å². The van der Waals surface area contributed by atoms with Gasteiger partial charge >= 0.3 is 24.1 Å². The fraction of sp³-hybridized carbons (Fsp3) is 0.440. The number of nitrogens with zero attached hydrogens (tertiary/aromatic N) is 10. The molecule has 6 heterocycles. The van der Waals surface area contributed by atoms with Gasteiger partial charge in [-0.15, -0.1) is 10.2 Å². The first kappa shape index (κ1) is 51.9. The smallest absolute Gasteiger partial charge is 0.407 e. The molecule has 8 rings (SSSR count). The van der Waals surface area contributed by atoms with E-state index in [0.717, 1.165) is 33.6 Å². The second-order valence-electron chi connectivity index (χ2n) is 19.0. The molecule has 24 heteroatoms. The second-order valence-corrected chi connectivity index (χ2v) is 19.0. The Morgan fingerprint density at radius 1 is 0.595 bits per heavy atom. The van der Waals surface area contributed by atoms with Crippen LogP contribution >= 0.6 is 0 Å². The van der Waals surface area contributed by atoms with E-state index >= 15 is 0 Å². The lowest BCUT2D eigenvalue weighted by Crippen LogP contribution is -2.51. The van der Waals surface area contributed by atoms with Crippen LogP contribution in [-0.2, 0) is 51.3 Å². The van der Waals surface area contributed by atoms with Gasteiger partial charge in [-0.3, -0.25) is 19.2 Å². The third-order valence-corrected chi connectivity index (χ3v) is 13.2. The molecule has 6 aromatic rings. The van der Waals surface area contributed by atoms with Crippen LogP contribution in [0.2, 0.25) is 0 Å². The maximum Gasteiger partial charge on any atom is 0.407 e. The van der Waals surface area contributed by atoms with Crippen LogP contribution in [0.4, 0.5) is 9.59 Å². The van der Waals surface area contributed by atoms with Gasteiger partial charge < -0.3 is 49.3 Å². The molecule has 390 valence electrons. The predicted octanol–water partition coefficient (Wildman–Crippen LogP) is 5.23. The Bertz CT molecular complexity index is 2760. The highest BCUT2D eigenvalue weighted by atomic mass is 16.5. The Hall–Kier alpha value is -8.44. The molecule has 2 saturated heterocycles. The molecule has 2 unspecified atom stereocenters. The van der Waals surface area contributed by atoms with Gasteiger partial charge in [-0.05, 0) is 46.9 Å². The van der Waals surface area contributed by atoms with Gasteiger partial charge in [0.1, 0.15) is 48.3 Å². The van der Waals surface area contributed by atoms with Crippen molar-refractivity contribution in [1.82, 2.24) is 70.4 Å². The first-order valence-corrected chi connectivity index (χ1v) is 24.2. The Morgan fingerprint density at radius 2 is 0.959 bits per heavy atom. The first-order chi connectivity index (χ1) is 35.5. The quantitative estimate of drug-likeness (QED) is 0.0672. The Morgan fingerprint density at radius 3 is 1.30 bits per heavy atom. The number of aromatic amines is 2. The number of aromatic nitrogens is 10. The van der Waals surface area contributed by atoms with Gasteiger partial charge in [-0.25, -0.2) is 28.9 Å². The molecular formula is C50H60N14O10. The number of ether oxygens (including phenoxy) is 4. The minimum atomic E-state index is -0.869. The minimum Gasteiger partial charge on any atom is -0.459 e. The number of H-pyrrole nitrogens is 2. The molecule has 0 spiro atoms. The molecule has 74 heavy (non-hydrogen) atoms. The van der Waals surface area contributed by atoms with Gasteiger partial charge in [0.15, 0.2) is 0 Å². The van der Waals surface area contributed by atoms with Crippen LogP contribution in [0.3, 0.4) is 0 Å². The first-order valence-electron chi connectivity index (χ1n) is 24.2. The number of imidazole rings is 2. The number of nitrogens with one attached hydrogen (secondary N) is 4. The van der Waals surface area contributed by atoms with E-state index in [2.05, 4.69) is 41.2 Å². The molecular weight excluding hydrogens is 957 g/mol. The van der Waals surface area contributed by atoms with Gasteiger partial charge in [0.05, 0.1) is 74.6 Å². The highest BCUT2D eigenvalue weighted by molar-refractivity contribution is 5.87. The summed E-state index contributed by atoms with van der Waals surface area (Å²) in [5, 5.41) is 22.3. The van der Waals surface area contributed by atoms with Crippen LogP contribution in [-0.4, -0.2) is 135 Å². The maximum absolute atomic E-state index is 14.2. The van der Waals surface area contributed by atoms with E-state index in [1.807, 2.05) is 76.2 Å². The number of carbonyl (C=O) groups is 6. The molecule has 6 atom stereocenters. The van der Waals surface area contributed by atoms with Gasteiger partial charge in [-0.2, -0.15) is 0 Å². The van der Waals surface area contributed by atoms with Crippen LogP contribution in [0.15, 0.2) is 73.3 Å². The normalized spacial score (nSPS) is 18.3. The molecule has 2 aliphatic rings. The van der Waals surface area contributed by atoms with Crippen LogP contribution in [0.5, 0.6) is 0 Å². The third-order valence-electron chi connectivity index (χ3n) is 13.2. The Kier molecular flexibility index (Phi) is 15.8. The molecule has 0 aliphatic carbocycles. The topological polar surface area (TPSA) is 289 Å². The van der Waals surface area contributed by atoms with E-state index in [9.17, 15) is 28.8 Å². The number of methoxy groups -OCH3 is 2. The molecule has 0 saturated carbocycles. The second kappa shape index (κ2) is 22.5. The summed E-state index contributed by atoms with van der Waals surface area (Å²) in [6.07, 6.45) is 6.29. The largest absolute Gasteiger partial charge is 0.459 e. The van der Waals surface area contributed by atoms with E-state index in [4.69, 9.17) is 28.9 Å². The predicted molar refractivity (Wildman–Crippen MR) is 263 cm³/mol. The molecule has 4 amide bonds. The van der Waals surface area contributed by atoms with Crippen molar-refractivity contribution in [3.05, 3.63) is 96.4 Å². The number of esters is 2. The van der Waals surface area contributed by atoms with E-state index in [-0.39, 0.29) is 62.0 Å². The molecule has 2 fully saturated rings. The van der Waals surface area contributed by atoms with E-state index < -0.39 is 48.3 Å². The zero-order valence-corrected chi connectivity index (χ0v) is 42.3. The molecule has 4 aromatic heterocycles. The Balaban J connectivity index is 0.980. The number of amides is 4. The lowest BCUT2D eigenvalue weighted by atomic mass is 10.0. The van der Waals surface area contributed by atoms with E-state index in [0.29, 0.717) is 35.9 Å². The highest BCUT2D eigenvalue weighted by Gasteiger charge is 2.44. The summed E-state index contributed by atoms with van der Waals surface area (Å²) >= 11 is 0. The number of carbonyl (C=O) groups excluding carboxylic acids is 6. The number of alkyl carbamates (subject to hydrolysis) is 2. The molecule has 2 aliphatic heterocycles. The standard InChI is InChI=1S/C50H60N14O10/c1-27(2)43(55-49(69)71-7)47(67)61-23-37(63-21-35(57-59-63)25-73-29(5)65)17-41(61)45-51-19-39(53-45)33-13-9-31(10-14-33)32-11-15-34(16-12-32)40-20-52-46(54-40)42-18-38(64-22-36(58-60-64)26-74-30(6)66)24-62(42)48(68)44(28(3)4)56-50(70)72-8/h9-16,19-22,27-28,37-38,41-44H,17-18,23-26H2,1-8H3,(H,51,53)(H,52,54)(H,55,69)(H,56,70)/t37-,38?,41?,42+,43+,44+/m1/s1. The Labute approximate surface area is 425 Å². The fourth-order valence-electron chi connectivity index (χ4n) is 9.23. The van der Waals surface area contributed by atoms with E-state index in [1.54, 1.807) is 44.0 Å². The van der Waals surface area contributed by atoms with Gasteiger partial charge in [-0.1, -0.05) is 86.7 Å². The van der Waals surface area contributed by atoms with Crippen molar-refractivity contribution in [3.63, 3.8) is 0 Å².